The number of fused-ring (bicyclic) bond motifs is 1. The zero-order valence-corrected chi connectivity index (χ0v) is 21.5. The van der Waals surface area contributed by atoms with Crippen LogP contribution in [-0.2, 0) is 17.9 Å². The third-order valence-electron chi connectivity index (χ3n) is 7.17. The summed E-state index contributed by atoms with van der Waals surface area (Å²) in [6.45, 7) is 8.62. The van der Waals surface area contributed by atoms with E-state index in [9.17, 15) is 9.90 Å². The summed E-state index contributed by atoms with van der Waals surface area (Å²) in [5, 5.41) is 11.6. The van der Waals surface area contributed by atoms with Gasteiger partial charge in [0.2, 0.25) is 0 Å². The molecule has 3 aromatic carbocycles. The Morgan fingerprint density at radius 2 is 1.83 bits per heavy atom. The molecule has 1 unspecified atom stereocenters. The van der Waals surface area contributed by atoms with E-state index in [2.05, 4.69) is 30.0 Å². The summed E-state index contributed by atoms with van der Waals surface area (Å²) in [6, 6.07) is 20.0. The first-order valence-corrected chi connectivity index (χ1v) is 12.2. The van der Waals surface area contributed by atoms with Crippen LogP contribution >= 0.6 is 0 Å². The SMILES string of the molecule is Cc1ccc(C(c2ccc(N(C)N)c(N)c2)C(C)(C)C(=O)O)cc1CN1CCOc2ccccc2C1. The van der Waals surface area contributed by atoms with Gasteiger partial charge in [-0.3, -0.25) is 9.69 Å². The van der Waals surface area contributed by atoms with Crippen molar-refractivity contribution in [2.24, 2.45) is 11.3 Å². The number of hydrogen-bond acceptors (Lipinski definition) is 6. The van der Waals surface area contributed by atoms with E-state index < -0.39 is 17.3 Å². The van der Waals surface area contributed by atoms with E-state index in [-0.39, 0.29) is 0 Å². The second-order valence-corrected chi connectivity index (χ2v) is 10.2. The Kier molecular flexibility index (Phi) is 7.24. The number of aliphatic carboxylic acids is 1. The highest BCUT2D eigenvalue weighted by Crippen LogP contribution is 2.43. The lowest BCUT2D eigenvalue weighted by Gasteiger charge is -2.33. The lowest BCUT2D eigenvalue weighted by molar-refractivity contribution is -0.147. The standard InChI is InChI=1S/C29H36N4O3/c1-19-9-10-20(15-23(19)18-33-13-14-36-26-8-6-5-7-22(26)17-33)27(29(2,3)28(34)35)21-11-12-25(32(4)31)24(30)16-21/h5-12,15-16,27H,13-14,17-18,30-31H2,1-4H3,(H,34,35). The molecule has 4 rings (SSSR count). The molecule has 3 aromatic rings. The highest BCUT2D eigenvalue weighted by atomic mass is 16.5. The quantitative estimate of drug-likeness (QED) is 0.255. The second kappa shape index (κ2) is 10.2. The summed E-state index contributed by atoms with van der Waals surface area (Å²) in [5.41, 5.74) is 11.8. The van der Waals surface area contributed by atoms with Gasteiger partial charge in [0.15, 0.2) is 0 Å². The number of rotatable bonds is 7. The van der Waals surface area contributed by atoms with Crippen LogP contribution in [0.5, 0.6) is 5.75 Å². The van der Waals surface area contributed by atoms with Gasteiger partial charge in [0.25, 0.3) is 0 Å². The van der Waals surface area contributed by atoms with Crippen LogP contribution in [0.2, 0.25) is 0 Å². The van der Waals surface area contributed by atoms with Crippen molar-refractivity contribution in [3.63, 3.8) is 0 Å². The Morgan fingerprint density at radius 1 is 1.14 bits per heavy atom. The number of para-hydroxylation sites is 1. The van der Waals surface area contributed by atoms with Crippen LogP contribution in [0.25, 0.3) is 0 Å². The minimum absolute atomic E-state index is 0.401. The van der Waals surface area contributed by atoms with Crippen LogP contribution in [0.1, 0.15) is 47.6 Å². The number of benzene rings is 3. The molecular weight excluding hydrogens is 452 g/mol. The second-order valence-electron chi connectivity index (χ2n) is 10.2. The summed E-state index contributed by atoms with van der Waals surface area (Å²) in [7, 11) is 1.72. The molecule has 7 heteroatoms. The molecule has 0 bridgehead atoms. The lowest BCUT2D eigenvalue weighted by atomic mass is 9.70. The van der Waals surface area contributed by atoms with Crippen molar-refractivity contribution in [1.29, 1.82) is 0 Å². The van der Waals surface area contributed by atoms with Gasteiger partial charge in [-0.05, 0) is 61.2 Å². The Labute approximate surface area is 213 Å². The number of nitrogens with two attached hydrogens (primary N) is 2. The van der Waals surface area contributed by atoms with Gasteiger partial charge in [0, 0.05) is 38.2 Å². The van der Waals surface area contributed by atoms with Gasteiger partial charge in [0.05, 0.1) is 16.8 Å². The van der Waals surface area contributed by atoms with Crippen molar-refractivity contribution in [3.8, 4) is 5.75 Å². The third kappa shape index (κ3) is 5.17. The van der Waals surface area contributed by atoms with Crippen LogP contribution in [-0.4, -0.2) is 36.2 Å². The van der Waals surface area contributed by atoms with E-state index in [1.807, 2.05) is 42.5 Å². The van der Waals surface area contributed by atoms with Gasteiger partial charge in [-0.15, -0.1) is 0 Å². The fraction of sp³-hybridized carbons (Fsp3) is 0.345. The Hall–Kier alpha value is -3.55. The molecule has 190 valence electrons. The van der Waals surface area contributed by atoms with E-state index >= 15 is 0 Å². The fourth-order valence-corrected chi connectivity index (χ4v) is 5.02. The first-order valence-electron chi connectivity index (χ1n) is 12.2. The van der Waals surface area contributed by atoms with Crippen molar-refractivity contribution in [1.82, 2.24) is 4.90 Å². The van der Waals surface area contributed by atoms with Crippen molar-refractivity contribution in [2.75, 3.05) is 30.9 Å². The zero-order valence-electron chi connectivity index (χ0n) is 21.5. The predicted molar refractivity (Wildman–Crippen MR) is 144 cm³/mol. The van der Waals surface area contributed by atoms with Crippen LogP contribution in [0.3, 0.4) is 0 Å². The van der Waals surface area contributed by atoms with Gasteiger partial charge in [-0.2, -0.15) is 0 Å². The van der Waals surface area contributed by atoms with Gasteiger partial charge >= 0.3 is 5.97 Å². The van der Waals surface area contributed by atoms with Crippen LogP contribution < -0.4 is 21.3 Å². The summed E-state index contributed by atoms with van der Waals surface area (Å²) < 4.78 is 5.94. The molecule has 0 saturated carbocycles. The minimum Gasteiger partial charge on any atom is -0.492 e. The van der Waals surface area contributed by atoms with E-state index in [1.165, 1.54) is 21.7 Å². The normalized spacial score (nSPS) is 14.9. The number of anilines is 2. The molecule has 5 N–H and O–H groups in total. The van der Waals surface area contributed by atoms with Gasteiger partial charge in [0.1, 0.15) is 12.4 Å². The lowest BCUT2D eigenvalue weighted by Crippen LogP contribution is -2.32. The van der Waals surface area contributed by atoms with Crippen molar-refractivity contribution >= 4 is 17.3 Å². The number of nitrogen functional groups attached to an aromatic ring is 1. The smallest absolute Gasteiger partial charge is 0.310 e. The van der Waals surface area contributed by atoms with Gasteiger partial charge in [-0.1, -0.05) is 42.5 Å². The Balaban J connectivity index is 1.71. The van der Waals surface area contributed by atoms with Crippen molar-refractivity contribution < 1.29 is 14.6 Å². The zero-order chi connectivity index (χ0) is 26.0. The molecule has 0 aromatic heterocycles. The average molecular weight is 489 g/mol. The molecule has 1 atom stereocenters. The number of hydrazine groups is 1. The predicted octanol–water partition coefficient (Wildman–Crippen LogP) is 4.52. The van der Waals surface area contributed by atoms with Crippen molar-refractivity contribution in [2.45, 2.75) is 39.8 Å². The third-order valence-corrected chi connectivity index (χ3v) is 7.17. The molecular formula is C29H36N4O3. The van der Waals surface area contributed by atoms with Crippen LogP contribution in [0.15, 0.2) is 60.7 Å². The molecule has 0 spiro atoms. The molecule has 7 nitrogen and oxygen atoms in total. The summed E-state index contributed by atoms with van der Waals surface area (Å²) in [4.78, 5) is 14.8. The van der Waals surface area contributed by atoms with Gasteiger partial charge in [-0.25, -0.2) is 5.84 Å². The van der Waals surface area contributed by atoms with E-state index in [0.717, 1.165) is 36.5 Å². The summed E-state index contributed by atoms with van der Waals surface area (Å²) in [6.07, 6.45) is 0. The maximum absolute atomic E-state index is 12.4. The first kappa shape index (κ1) is 25.5. The van der Waals surface area contributed by atoms with Gasteiger partial charge < -0.3 is 20.6 Å². The number of ether oxygens (including phenoxy) is 1. The maximum Gasteiger partial charge on any atom is 0.310 e. The average Bonchev–Trinajstić information content (AvgIpc) is 3.02. The number of nitrogens with zero attached hydrogens (tertiary/aromatic N) is 2. The number of aryl methyl sites for hydroxylation is 1. The molecule has 0 amide bonds. The molecule has 0 radical (unpaired) electrons. The molecule has 0 fully saturated rings. The van der Waals surface area contributed by atoms with Crippen LogP contribution in [0.4, 0.5) is 11.4 Å². The first-order chi connectivity index (χ1) is 17.1. The molecule has 1 aliphatic heterocycles. The monoisotopic (exact) mass is 488 g/mol. The highest BCUT2D eigenvalue weighted by Gasteiger charge is 2.39. The summed E-state index contributed by atoms with van der Waals surface area (Å²) >= 11 is 0. The highest BCUT2D eigenvalue weighted by molar-refractivity contribution is 5.77. The van der Waals surface area contributed by atoms with Crippen molar-refractivity contribution in [3.05, 3.63) is 88.5 Å². The topological polar surface area (TPSA) is 105 Å². The Morgan fingerprint density at radius 3 is 2.53 bits per heavy atom. The molecule has 0 saturated heterocycles. The Bertz CT molecular complexity index is 1260. The minimum atomic E-state index is -1.06. The maximum atomic E-state index is 12.4. The molecule has 1 aliphatic rings. The molecule has 36 heavy (non-hydrogen) atoms. The van der Waals surface area contributed by atoms with E-state index in [1.54, 1.807) is 20.9 Å². The number of hydrogen-bond donors (Lipinski definition) is 3. The van der Waals surface area contributed by atoms with Crippen LogP contribution in [0, 0.1) is 12.3 Å². The van der Waals surface area contributed by atoms with E-state index in [0.29, 0.717) is 18.0 Å². The summed E-state index contributed by atoms with van der Waals surface area (Å²) in [5.74, 6) is 5.57. The largest absolute Gasteiger partial charge is 0.492 e. The molecule has 0 aliphatic carbocycles. The number of carbonyl (C=O) groups is 1. The molecule has 1 heterocycles. The number of carboxylic acids is 1. The van der Waals surface area contributed by atoms with E-state index in [4.69, 9.17) is 16.3 Å². The fourth-order valence-electron chi connectivity index (χ4n) is 5.02. The number of carboxylic acid groups (broad SMARTS) is 1.